The predicted molar refractivity (Wildman–Crippen MR) is 73.3 cm³/mol. The third-order valence-electron chi connectivity index (χ3n) is 3.51. The summed E-state index contributed by atoms with van der Waals surface area (Å²) in [6.07, 6.45) is 4.21. The first kappa shape index (κ1) is 19.7. The normalized spacial score (nSPS) is 14.7. The van der Waals surface area contributed by atoms with Gasteiger partial charge in [0.05, 0.1) is 0 Å². The smallest absolute Gasteiger partial charge is 0.0476 e. The number of carboxylic acid groups (broad SMARTS) is 1. The molecule has 0 aliphatic rings. The molecule has 0 saturated heterocycles. The van der Waals surface area contributed by atoms with Gasteiger partial charge in [0, 0.05) is 18.0 Å². The van der Waals surface area contributed by atoms with E-state index in [9.17, 15) is 9.90 Å². The number of carbonyl (C=O) groups excluding carboxylic acids is 1. The van der Waals surface area contributed by atoms with E-state index in [4.69, 9.17) is 5.11 Å². The number of aliphatic hydroxyl groups excluding tert-OH is 1. The first-order valence-corrected chi connectivity index (χ1v) is 6.60. The van der Waals surface area contributed by atoms with Gasteiger partial charge in [-0.1, -0.05) is 34.1 Å². The zero-order valence-electron chi connectivity index (χ0n) is 12.7. The minimum Gasteiger partial charge on any atom is -0.550 e. The fourth-order valence-electron chi connectivity index (χ4n) is 2.20. The molecular formula is C14H31NO3. The van der Waals surface area contributed by atoms with Gasteiger partial charge in [0.25, 0.3) is 0 Å². The van der Waals surface area contributed by atoms with Crippen molar-refractivity contribution in [2.75, 3.05) is 6.61 Å². The Labute approximate surface area is 111 Å². The summed E-state index contributed by atoms with van der Waals surface area (Å²) in [7, 11) is 0. The summed E-state index contributed by atoms with van der Waals surface area (Å²) in [5, 5.41) is 20.2. The van der Waals surface area contributed by atoms with Crippen LogP contribution in [0.15, 0.2) is 0 Å². The highest BCUT2D eigenvalue weighted by Crippen LogP contribution is 2.35. The molecule has 5 N–H and O–H groups in total. The Bertz CT molecular complexity index is 236. The van der Waals surface area contributed by atoms with Crippen molar-refractivity contribution in [1.82, 2.24) is 6.15 Å². The zero-order chi connectivity index (χ0) is 13.5. The number of aliphatic carboxylic acids is 1. The van der Waals surface area contributed by atoms with E-state index in [1.807, 2.05) is 6.92 Å². The highest BCUT2D eigenvalue weighted by atomic mass is 16.4. The monoisotopic (exact) mass is 261 g/mol. The summed E-state index contributed by atoms with van der Waals surface area (Å²) in [6.45, 7) is 8.42. The van der Waals surface area contributed by atoms with Crippen molar-refractivity contribution >= 4 is 5.97 Å². The average Bonchev–Trinajstić information content (AvgIpc) is 2.21. The second-order valence-corrected chi connectivity index (χ2v) is 6.16. The molecule has 0 aliphatic carbocycles. The van der Waals surface area contributed by atoms with Gasteiger partial charge in [0.15, 0.2) is 0 Å². The molecule has 0 aliphatic heterocycles. The third kappa shape index (κ3) is 6.97. The van der Waals surface area contributed by atoms with E-state index in [0.717, 1.165) is 12.8 Å². The second-order valence-electron chi connectivity index (χ2n) is 6.16. The van der Waals surface area contributed by atoms with Gasteiger partial charge in [-0.25, -0.2) is 0 Å². The summed E-state index contributed by atoms with van der Waals surface area (Å²) in [5.41, 5.74) is -0.504. The molecule has 0 radical (unpaired) electrons. The Morgan fingerprint density at radius 2 is 1.61 bits per heavy atom. The van der Waals surface area contributed by atoms with Crippen LogP contribution < -0.4 is 11.3 Å². The molecule has 1 unspecified atom stereocenters. The molecule has 4 heteroatoms. The van der Waals surface area contributed by atoms with Crippen molar-refractivity contribution in [3.63, 3.8) is 0 Å². The summed E-state index contributed by atoms with van der Waals surface area (Å²) in [6, 6.07) is 0. The fourth-order valence-corrected chi connectivity index (χ4v) is 2.20. The van der Waals surface area contributed by atoms with Gasteiger partial charge in [-0.3, -0.25) is 0 Å². The first-order valence-electron chi connectivity index (χ1n) is 6.60. The van der Waals surface area contributed by atoms with E-state index in [1.165, 1.54) is 0 Å². The molecule has 1 atom stereocenters. The lowest BCUT2D eigenvalue weighted by Gasteiger charge is -2.35. The van der Waals surface area contributed by atoms with Gasteiger partial charge in [0.1, 0.15) is 0 Å². The molecule has 0 amide bonds. The number of hydrogen-bond donors (Lipinski definition) is 2. The van der Waals surface area contributed by atoms with Crippen LogP contribution in [0, 0.1) is 10.8 Å². The summed E-state index contributed by atoms with van der Waals surface area (Å²) in [4.78, 5) is 11.3. The minimum absolute atomic E-state index is 0. The maximum Gasteiger partial charge on any atom is 0.0476 e. The lowest BCUT2D eigenvalue weighted by Crippen LogP contribution is -2.42. The number of rotatable bonds is 8. The lowest BCUT2D eigenvalue weighted by molar-refractivity contribution is -0.320. The van der Waals surface area contributed by atoms with Crippen LogP contribution in [0.4, 0.5) is 0 Å². The molecule has 0 spiro atoms. The van der Waals surface area contributed by atoms with Gasteiger partial charge in [-0.15, -0.1) is 0 Å². The largest absolute Gasteiger partial charge is 0.550 e. The summed E-state index contributed by atoms with van der Waals surface area (Å²) < 4.78 is 0. The summed E-state index contributed by atoms with van der Waals surface area (Å²) in [5.74, 6) is -0.956. The summed E-state index contributed by atoms with van der Waals surface area (Å²) >= 11 is 0. The van der Waals surface area contributed by atoms with E-state index in [-0.39, 0.29) is 18.2 Å². The van der Waals surface area contributed by atoms with Crippen LogP contribution in [-0.2, 0) is 4.79 Å². The van der Waals surface area contributed by atoms with E-state index in [0.29, 0.717) is 25.7 Å². The topological polar surface area (TPSA) is 96.9 Å². The number of aliphatic hydroxyl groups is 1. The van der Waals surface area contributed by atoms with E-state index in [1.54, 1.807) is 0 Å². The molecule has 18 heavy (non-hydrogen) atoms. The molecule has 0 heterocycles. The zero-order valence-corrected chi connectivity index (χ0v) is 12.7. The second kappa shape index (κ2) is 8.48. The Kier molecular flexibility index (Phi) is 9.30. The maximum absolute atomic E-state index is 11.3. The van der Waals surface area contributed by atoms with Gasteiger partial charge < -0.3 is 21.2 Å². The minimum atomic E-state index is -0.956. The van der Waals surface area contributed by atoms with Crippen LogP contribution in [0.5, 0.6) is 0 Å². The Morgan fingerprint density at radius 1 is 1.11 bits per heavy atom. The molecule has 0 bridgehead atoms. The number of quaternary nitrogens is 1. The van der Waals surface area contributed by atoms with Crippen molar-refractivity contribution in [2.24, 2.45) is 10.8 Å². The van der Waals surface area contributed by atoms with Crippen molar-refractivity contribution in [2.45, 2.75) is 66.2 Å². The lowest BCUT2D eigenvalue weighted by atomic mass is 9.75. The molecule has 0 saturated carbocycles. The van der Waals surface area contributed by atoms with E-state index < -0.39 is 11.4 Å². The number of hydrogen-bond acceptors (Lipinski definition) is 3. The van der Waals surface area contributed by atoms with E-state index >= 15 is 0 Å². The van der Waals surface area contributed by atoms with Gasteiger partial charge in [0.2, 0.25) is 0 Å². The third-order valence-corrected chi connectivity index (χ3v) is 3.51. The van der Waals surface area contributed by atoms with Crippen LogP contribution in [0.2, 0.25) is 0 Å². The van der Waals surface area contributed by atoms with Crippen LogP contribution in [0.25, 0.3) is 0 Å². The van der Waals surface area contributed by atoms with Gasteiger partial charge >= 0.3 is 0 Å². The molecule has 0 rings (SSSR count). The molecule has 0 aromatic heterocycles. The predicted octanol–water partition coefficient (Wildman–Crippen LogP) is 2.50. The first-order chi connectivity index (χ1) is 7.77. The Morgan fingerprint density at radius 3 is 1.94 bits per heavy atom. The van der Waals surface area contributed by atoms with Crippen molar-refractivity contribution in [3.8, 4) is 0 Å². The number of carboxylic acids is 1. The van der Waals surface area contributed by atoms with Crippen molar-refractivity contribution in [3.05, 3.63) is 0 Å². The molecule has 0 fully saturated rings. The highest BCUT2D eigenvalue weighted by molar-refractivity contribution is 5.72. The van der Waals surface area contributed by atoms with Crippen molar-refractivity contribution in [1.29, 1.82) is 0 Å². The van der Waals surface area contributed by atoms with Crippen LogP contribution in [0.1, 0.15) is 66.2 Å². The molecule has 0 aromatic carbocycles. The fraction of sp³-hybridized carbons (Fsp3) is 0.929. The molecule has 0 aromatic rings. The van der Waals surface area contributed by atoms with Crippen LogP contribution in [0.3, 0.4) is 0 Å². The molecule has 110 valence electrons. The highest BCUT2D eigenvalue weighted by Gasteiger charge is 2.29. The molecular weight excluding hydrogens is 230 g/mol. The Hall–Kier alpha value is -0.610. The van der Waals surface area contributed by atoms with Gasteiger partial charge in [-0.05, 0) is 37.5 Å². The average molecular weight is 261 g/mol. The van der Waals surface area contributed by atoms with E-state index in [2.05, 4.69) is 20.8 Å². The van der Waals surface area contributed by atoms with Crippen molar-refractivity contribution < 1.29 is 15.0 Å². The molecule has 4 nitrogen and oxygen atoms in total. The maximum atomic E-state index is 11.3. The number of carbonyl (C=O) groups is 1. The SMILES string of the molecule is CCC(CCCO)(CCCC(C)(C)C)C(=O)[O-].[NH4+]. The van der Waals surface area contributed by atoms with Gasteiger partial charge in [-0.2, -0.15) is 0 Å². The van der Waals surface area contributed by atoms with Crippen LogP contribution in [-0.4, -0.2) is 17.7 Å². The Balaban J connectivity index is 0. The quantitative estimate of drug-likeness (QED) is 0.702. The van der Waals surface area contributed by atoms with Crippen LogP contribution >= 0.6 is 0 Å². The standard InChI is InChI=1S/C14H28O3.H3N/c1-5-14(12(16)17,10-7-11-15)9-6-8-13(2,3)4;/h15H,5-11H2,1-4H3,(H,16,17);1H3.